The highest BCUT2D eigenvalue weighted by Crippen LogP contribution is 2.29. The molecule has 1 aromatic carbocycles. The monoisotopic (exact) mass is 451 g/mol. The van der Waals surface area contributed by atoms with Crippen LogP contribution < -0.4 is 25.8 Å². The van der Waals surface area contributed by atoms with Crippen LogP contribution in [0.3, 0.4) is 0 Å². The fourth-order valence-corrected chi connectivity index (χ4v) is 4.77. The van der Waals surface area contributed by atoms with Crippen molar-refractivity contribution in [3.05, 3.63) is 35.5 Å². The van der Waals surface area contributed by atoms with E-state index in [4.69, 9.17) is 9.97 Å². The molecular formula is C25H37N7O. The van der Waals surface area contributed by atoms with Crippen molar-refractivity contribution in [2.24, 2.45) is 0 Å². The lowest BCUT2D eigenvalue weighted by Crippen LogP contribution is -2.42. The first-order chi connectivity index (χ1) is 15.9. The van der Waals surface area contributed by atoms with Crippen molar-refractivity contribution in [2.45, 2.75) is 63.5 Å². The van der Waals surface area contributed by atoms with Gasteiger partial charge in [0.05, 0.1) is 5.69 Å². The Kier molecular flexibility index (Phi) is 7.20. The number of amides is 2. The van der Waals surface area contributed by atoms with Crippen LogP contribution in [0, 0.1) is 0 Å². The highest BCUT2D eigenvalue weighted by molar-refractivity contribution is 5.89. The fraction of sp³-hybridized carbons (Fsp3) is 0.560. The number of urea groups is 1. The average Bonchev–Trinajstić information content (AvgIpc) is 2.80. The summed E-state index contributed by atoms with van der Waals surface area (Å²) in [6.07, 6.45) is 8.39. The van der Waals surface area contributed by atoms with E-state index in [0.29, 0.717) is 6.04 Å². The van der Waals surface area contributed by atoms with E-state index in [1.54, 1.807) is 0 Å². The molecule has 2 aliphatic carbocycles. The molecule has 0 radical (unpaired) electrons. The number of hydrogen-bond donors (Lipinski definition) is 3. The molecule has 1 fully saturated rings. The van der Waals surface area contributed by atoms with Gasteiger partial charge in [-0.05, 0) is 75.6 Å². The number of benzene rings is 1. The topological polar surface area (TPSA) is 85.4 Å². The smallest absolute Gasteiger partial charge is 0.319 e. The lowest BCUT2D eigenvalue weighted by molar-refractivity contribution is 0.243. The number of carbonyl (C=O) groups excluding carboxylic acids is 1. The summed E-state index contributed by atoms with van der Waals surface area (Å²) in [6.45, 7) is 0. The Morgan fingerprint density at radius 3 is 2.21 bits per heavy atom. The van der Waals surface area contributed by atoms with Gasteiger partial charge < -0.3 is 25.8 Å². The maximum absolute atomic E-state index is 12.4. The van der Waals surface area contributed by atoms with E-state index in [1.807, 2.05) is 43.3 Å². The minimum atomic E-state index is -0.141. The molecule has 8 heteroatoms. The first kappa shape index (κ1) is 23.1. The van der Waals surface area contributed by atoms with Crippen molar-refractivity contribution in [3.63, 3.8) is 0 Å². The van der Waals surface area contributed by atoms with Gasteiger partial charge in [0.25, 0.3) is 0 Å². The molecule has 8 nitrogen and oxygen atoms in total. The predicted octanol–water partition coefficient (Wildman–Crippen LogP) is 4.03. The largest absolute Gasteiger partial charge is 0.378 e. The standard InChI is InChI=1S/C25H37N7O/c1-31(2)20-15-13-19(14-16-20)28-25(33)27-18-11-9-17(10-12-18)26-24-29-22-8-6-5-7-21(22)23(30-24)32(3)4/h13-18H,5-12H2,1-4H3,(H,26,29,30)(H2,27,28,33)/t17-,18+. The molecule has 3 N–H and O–H groups in total. The second-order valence-corrected chi connectivity index (χ2v) is 9.63. The van der Waals surface area contributed by atoms with Crippen molar-refractivity contribution >= 4 is 29.2 Å². The lowest BCUT2D eigenvalue weighted by Gasteiger charge is -2.30. The molecule has 0 bridgehead atoms. The predicted molar refractivity (Wildman–Crippen MR) is 136 cm³/mol. The summed E-state index contributed by atoms with van der Waals surface area (Å²) < 4.78 is 0. The summed E-state index contributed by atoms with van der Waals surface area (Å²) >= 11 is 0. The van der Waals surface area contributed by atoms with Crippen molar-refractivity contribution in [2.75, 3.05) is 48.6 Å². The quantitative estimate of drug-likeness (QED) is 0.615. The van der Waals surface area contributed by atoms with E-state index in [2.05, 4.69) is 34.9 Å². The van der Waals surface area contributed by atoms with Crippen LogP contribution in [0.25, 0.3) is 0 Å². The number of anilines is 4. The van der Waals surface area contributed by atoms with Crippen LogP contribution in [0.5, 0.6) is 0 Å². The number of aryl methyl sites for hydroxylation is 1. The van der Waals surface area contributed by atoms with Crippen LogP contribution in [-0.4, -0.2) is 56.3 Å². The first-order valence-electron chi connectivity index (χ1n) is 12.1. The lowest BCUT2D eigenvalue weighted by atomic mass is 9.91. The molecular weight excluding hydrogens is 414 g/mol. The molecule has 0 atom stereocenters. The van der Waals surface area contributed by atoms with Gasteiger partial charge in [-0.2, -0.15) is 4.98 Å². The van der Waals surface area contributed by atoms with Crippen LogP contribution in [-0.2, 0) is 12.8 Å². The fourth-order valence-electron chi connectivity index (χ4n) is 4.77. The van der Waals surface area contributed by atoms with Gasteiger partial charge in [-0.3, -0.25) is 0 Å². The van der Waals surface area contributed by atoms with Crippen LogP contribution in [0.15, 0.2) is 24.3 Å². The Balaban J connectivity index is 1.28. The Morgan fingerprint density at radius 1 is 0.879 bits per heavy atom. The zero-order valence-electron chi connectivity index (χ0n) is 20.3. The zero-order chi connectivity index (χ0) is 23.4. The normalized spacial score (nSPS) is 19.9. The summed E-state index contributed by atoms with van der Waals surface area (Å²) in [5, 5.41) is 9.64. The van der Waals surface area contributed by atoms with Crippen LogP contribution in [0.4, 0.5) is 27.9 Å². The minimum Gasteiger partial charge on any atom is -0.378 e. The van der Waals surface area contributed by atoms with E-state index in [9.17, 15) is 4.79 Å². The highest BCUT2D eigenvalue weighted by Gasteiger charge is 2.25. The third-order valence-electron chi connectivity index (χ3n) is 6.62. The molecule has 1 saturated carbocycles. The Morgan fingerprint density at radius 2 is 1.55 bits per heavy atom. The van der Waals surface area contributed by atoms with E-state index >= 15 is 0 Å². The van der Waals surface area contributed by atoms with Gasteiger partial charge in [-0.15, -0.1) is 0 Å². The van der Waals surface area contributed by atoms with Crippen molar-refractivity contribution in [1.82, 2.24) is 15.3 Å². The maximum atomic E-state index is 12.4. The number of carbonyl (C=O) groups is 1. The summed E-state index contributed by atoms with van der Waals surface area (Å²) in [4.78, 5) is 26.3. The minimum absolute atomic E-state index is 0.141. The number of fused-ring (bicyclic) bond motifs is 1. The molecule has 4 rings (SSSR count). The van der Waals surface area contributed by atoms with Crippen LogP contribution in [0.1, 0.15) is 49.8 Å². The van der Waals surface area contributed by atoms with Gasteiger partial charge in [0.2, 0.25) is 5.95 Å². The van der Waals surface area contributed by atoms with Gasteiger partial charge in [0.1, 0.15) is 5.82 Å². The number of nitrogens with one attached hydrogen (secondary N) is 3. The molecule has 0 saturated heterocycles. The SMILES string of the molecule is CN(C)c1ccc(NC(=O)N[C@H]2CC[C@@H](Nc3nc4c(c(N(C)C)n3)CCCC4)CC2)cc1. The van der Waals surface area contributed by atoms with Crippen molar-refractivity contribution in [3.8, 4) is 0 Å². The van der Waals surface area contributed by atoms with Crippen molar-refractivity contribution < 1.29 is 4.79 Å². The number of nitrogens with zero attached hydrogens (tertiary/aromatic N) is 4. The molecule has 0 unspecified atom stereocenters. The zero-order valence-corrected chi connectivity index (χ0v) is 20.3. The molecule has 2 aliphatic rings. The van der Waals surface area contributed by atoms with Crippen LogP contribution >= 0.6 is 0 Å². The second-order valence-electron chi connectivity index (χ2n) is 9.63. The van der Waals surface area contributed by atoms with Gasteiger partial charge in [-0.1, -0.05) is 0 Å². The number of hydrogen-bond acceptors (Lipinski definition) is 6. The summed E-state index contributed by atoms with van der Waals surface area (Å²) in [7, 11) is 8.11. The Labute approximate surface area is 197 Å². The van der Waals surface area contributed by atoms with Crippen LogP contribution in [0.2, 0.25) is 0 Å². The van der Waals surface area contributed by atoms with E-state index in [0.717, 1.165) is 61.7 Å². The van der Waals surface area contributed by atoms with E-state index < -0.39 is 0 Å². The summed E-state index contributed by atoms with van der Waals surface area (Å²) in [6, 6.07) is 8.23. The van der Waals surface area contributed by atoms with Crippen molar-refractivity contribution in [1.29, 1.82) is 0 Å². The molecule has 2 amide bonds. The van der Waals surface area contributed by atoms with E-state index in [-0.39, 0.29) is 12.1 Å². The van der Waals surface area contributed by atoms with Gasteiger partial charge in [0, 0.05) is 57.2 Å². The van der Waals surface area contributed by atoms with Gasteiger partial charge in [-0.25, -0.2) is 9.78 Å². The molecule has 178 valence electrons. The summed E-state index contributed by atoms with van der Waals surface area (Å²) in [5.74, 6) is 1.79. The third-order valence-corrected chi connectivity index (χ3v) is 6.62. The average molecular weight is 452 g/mol. The molecule has 1 aromatic heterocycles. The molecule has 33 heavy (non-hydrogen) atoms. The molecule has 0 aliphatic heterocycles. The van der Waals surface area contributed by atoms with E-state index in [1.165, 1.54) is 24.1 Å². The summed E-state index contributed by atoms with van der Waals surface area (Å²) in [5.41, 5.74) is 4.42. The highest BCUT2D eigenvalue weighted by atomic mass is 16.2. The van der Waals surface area contributed by atoms with Gasteiger partial charge in [0.15, 0.2) is 0 Å². The second kappa shape index (κ2) is 10.3. The molecule has 2 aromatic rings. The Bertz CT molecular complexity index is 950. The number of aromatic nitrogens is 2. The third kappa shape index (κ3) is 5.86. The molecule has 0 spiro atoms. The molecule has 1 heterocycles. The van der Waals surface area contributed by atoms with Gasteiger partial charge >= 0.3 is 6.03 Å². The Hall–Kier alpha value is -3.03. The number of rotatable bonds is 6. The first-order valence-corrected chi connectivity index (χ1v) is 12.1. The maximum Gasteiger partial charge on any atom is 0.319 e.